The smallest absolute Gasteiger partial charge is 0.101 e. The maximum absolute atomic E-state index is 5.87. The normalized spacial score (nSPS) is 12.4. The van der Waals surface area contributed by atoms with Crippen molar-refractivity contribution in [3.8, 4) is 0 Å². The second-order valence-corrected chi connectivity index (χ2v) is 5.15. The topological polar surface area (TPSA) is 38.9 Å². The largest absolute Gasteiger partial charge is 0.324 e. The summed E-state index contributed by atoms with van der Waals surface area (Å²) in [4.78, 5) is 5.60. The molecule has 3 heteroatoms. The molecule has 0 spiro atoms. The van der Waals surface area contributed by atoms with Crippen LogP contribution in [-0.2, 0) is 0 Å². The van der Waals surface area contributed by atoms with Crippen LogP contribution in [-0.4, -0.2) is 4.98 Å². The van der Waals surface area contributed by atoms with Gasteiger partial charge in [-0.1, -0.05) is 30.0 Å². The molecule has 88 valence electrons. The fraction of sp³-hybridized carbons (Fsp3) is 0.214. The van der Waals surface area contributed by atoms with Gasteiger partial charge >= 0.3 is 0 Å². The number of rotatable bonds is 3. The van der Waals surface area contributed by atoms with Crippen molar-refractivity contribution in [3.05, 3.63) is 53.7 Å². The summed E-state index contributed by atoms with van der Waals surface area (Å²) in [6.45, 7) is 4.09. The number of aryl methyl sites for hydroxylation is 1. The molecule has 1 aromatic heterocycles. The summed E-state index contributed by atoms with van der Waals surface area (Å²) in [6, 6.07) is 12.4. The third kappa shape index (κ3) is 3.08. The van der Waals surface area contributed by atoms with Crippen molar-refractivity contribution in [2.45, 2.75) is 29.8 Å². The predicted molar refractivity (Wildman–Crippen MR) is 72.1 cm³/mol. The third-order valence-electron chi connectivity index (χ3n) is 2.59. The van der Waals surface area contributed by atoms with Gasteiger partial charge in [-0.15, -0.1) is 0 Å². The average molecular weight is 244 g/mol. The highest BCUT2D eigenvalue weighted by molar-refractivity contribution is 7.99. The number of pyridine rings is 1. The lowest BCUT2D eigenvalue weighted by Gasteiger charge is -2.08. The van der Waals surface area contributed by atoms with E-state index < -0.39 is 0 Å². The maximum Gasteiger partial charge on any atom is 0.101 e. The minimum Gasteiger partial charge on any atom is -0.324 e. The quantitative estimate of drug-likeness (QED) is 0.897. The Morgan fingerprint density at radius 3 is 2.71 bits per heavy atom. The SMILES string of the molecule is Cc1ccccc1Sc1cc([C@H](C)N)ccn1. The minimum atomic E-state index is 0.0502. The van der Waals surface area contributed by atoms with Gasteiger partial charge in [0.15, 0.2) is 0 Å². The molecular formula is C14H16N2S. The average Bonchev–Trinajstić information content (AvgIpc) is 2.32. The van der Waals surface area contributed by atoms with Crippen molar-refractivity contribution in [2.75, 3.05) is 0 Å². The van der Waals surface area contributed by atoms with Gasteiger partial charge in [0.05, 0.1) is 0 Å². The van der Waals surface area contributed by atoms with Crippen molar-refractivity contribution in [3.63, 3.8) is 0 Å². The first kappa shape index (κ1) is 12.1. The standard InChI is InChI=1S/C14H16N2S/c1-10-5-3-4-6-13(10)17-14-9-12(11(2)15)7-8-16-14/h3-9,11H,15H2,1-2H3/t11-/m0/s1. The Bertz CT molecular complexity index is 509. The molecule has 0 aliphatic carbocycles. The van der Waals surface area contributed by atoms with Gasteiger partial charge in [-0.05, 0) is 43.2 Å². The molecule has 0 unspecified atom stereocenters. The van der Waals surface area contributed by atoms with E-state index in [1.807, 2.05) is 31.3 Å². The summed E-state index contributed by atoms with van der Waals surface area (Å²) in [6.07, 6.45) is 1.82. The fourth-order valence-electron chi connectivity index (χ4n) is 1.55. The van der Waals surface area contributed by atoms with Crippen LogP contribution in [0.15, 0.2) is 52.5 Å². The first-order valence-electron chi connectivity index (χ1n) is 5.62. The van der Waals surface area contributed by atoms with Crippen LogP contribution in [0.4, 0.5) is 0 Å². The van der Waals surface area contributed by atoms with E-state index >= 15 is 0 Å². The van der Waals surface area contributed by atoms with Crippen LogP contribution in [0.25, 0.3) is 0 Å². The number of hydrogen-bond donors (Lipinski definition) is 1. The summed E-state index contributed by atoms with van der Waals surface area (Å²) in [5, 5.41) is 0.995. The van der Waals surface area contributed by atoms with Gasteiger partial charge in [0, 0.05) is 17.1 Å². The molecule has 0 aliphatic heterocycles. The van der Waals surface area contributed by atoms with E-state index in [2.05, 4.69) is 30.1 Å². The Balaban J connectivity index is 2.25. The molecule has 2 aromatic rings. The monoisotopic (exact) mass is 244 g/mol. The number of benzene rings is 1. The van der Waals surface area contributed by atoms with Crippen molar-refractivity contribution in [2.24, 2.45) is 5.73 Å². The molecule has 1 heterocycles. The van der Waals surface area contributed by atoms with Crippen LogP contribution in [0.1, 0.15) is 24.1 Å². The van der Waals surface area contributed by atoms with Gasteiger partial charge in [0.25, 0.3) is 0 Å². The Labute approximate surface area is 106 Å². The first-order chi connectivity index (χ1) is 8.16. The number of hydrogen-bond acceptors (Lipinski definition) is 3. The van der Waals surface area contributed by atoms with Crippen molar-refractivity contribution >= 4 is 11.8 Å². The van der Waals surface area contributed by atoms with Gasteiger partial charge in [0.2, 0.25) is 0 Å². The molecule has 17 heavy (non-hydrogen) atoms. The molecule has 0 aliphatic rings. The summed E-state index contributed by atoms with van der Waals surface area (Å²) in [7, 11) is 0. The van der Waals surface area contributed by atoms with E-state index in [0.717, 1.165) is 10.6 Å². The van der Waals surface area contributed by atoms with Crippen LogP contribution in [0.3, 0.4) is 0 Å². The maximum atomic E-state index is 5.87. The first-order valence-corrected chi connectivity index (χ1v) is 6.43. The zero-order valence-electron chi connectivity index (χ0n) is 10.1. The second-order valence-electron chi connectivity index (χ2n) is 4.08. The summed E-state index contributed by atoms with van der Waals surface area (Å²) >= 11 is 1.68. The Morgan fingerprint density at radius 2 is 2.00 bits per heavy atom. The summed E-state index contributed by atoms with van der Waals surface area (Å²) in [5.41, 5.74) is 8.26. The van der Waals surface area contributed by atoms with Gasteiger partial charge in [0.1, 0.15) is 5.03 Å². The van der Waals surface area contributed by atoms with Crippen molar-refractivity contribution < 1.29 is 0 Å². The molecule has 1 aromatic carbocycles. The molecular weight excluding hydrogens is 228 g/mol. The highest BCUT2D eigenvalue weighted by Crippen LogP contribution is 2.29. The Kier molecular flexibility index (Phi) is 3.82. The lowest BCUT2D eigenvalue weighted by atomic mass is 10.1. The lowest BCUT2D eigenvalue weighted by Crippen LogP contribution is -2.04. The number of nitrogens with zero attached hydrogens (tertiary/aromatic N) is 1. The minimum absolute atomic E-state index is 0.0502. The number of aromatic nitrogens is 1. The van der Waals surface area contributed by atoms with Crippen LogP contribution < -0.4 is 5.73 Å². The van der Waals surface area contributed by atoms with Crippen LogP contribution >= 0.6 is 11.8 Å². The van der Waals surface area contributed by atoms with E-state index in [-0.39, 0.29) is 6.04 Å². The molecule has 2 rings (SSSR count). The van der Waals surface area contributed by atoms with Crippen LogP contribution in [0.5, 0.6) is 0 Å². The molecule has 0 fully saturated rings. The second kappa shape index (κ2) is 5.34. The van der Waals surface area contributed by atoms with E-state index in [9.17, 15) is 0 Å². The highest BCUT2D eigenvalue weighted by atomic mass is 32.2. The van der Waals surface area contributed by atoms with Crippen LogP contribution in [0, 0.1) is 6.92 Å². The molecule has 1 atom stereocenters. The van der Waals surface area contributed by atoms with Crippen LogP contribution in [0.2, 0.25) is 0 Å². The Morgan fingerprint density at radius 1 is 1.24 bits per heavy atom. The van der Waals surface area contributed by atoms with Crippen molar-refractivity contribution in [1.82, 2.24) is 4.98 Å². The summed E-state index contributed by atoms with van der Waals surface area (Å²) in [5.74, 6) is 0. The fourth-order valence-corrected chi connectivity index (χ4v) is 2.46. The molecule has 2 nitrogen and oxygen atoms in total. The molecule has 2 N–H and O–H groups in total. The van der Waals surface area contributed by atoms with Gasteiger partial charge in [-0.25, -0.2) is 4.98 Å². The molecule has 0 bridgehead atoms. The molecule has 0 saturated heterocycles. The van der Waals surface area contributed by atoms with Gasteiger partial charge in [-0.3, -0.25) is 0 Å². The van der Waals surface area contributed by atoms with Gasteiger partial charge < -0.3 is 5.73 Å². The van der Waals surface area contributed by atoms with E-state index in [0.29, 0.717) is 0 Å². The zero-order chi connectivity index (χ0) is 12.3. The summed E-state index contributed by atoms with van der Waals surface area (Å²) < 4.78 is 0. The van der Waals surface area contributed by atoms with E-state index in [1.54, 1.807) is 11.8 Å². The highest BCUT2D eigenvalue weighted by Gasteiger charge is 2.04. The molecule has 0 amide bonds. The van der Waals surface area contributed by atoms with E-state index in [1.165, 1.54) is 10.5 Å². The molecule has 0 saturated carbocycles. The zero-order valence-corrected chi connectivity index (χ0v) is 10.9. The third-order valence-corrected chi connectivity index (χ3v) is 3.70. The lowest BCUT2D eigenvalue weighted by molar-refractivity contribution is 0.808. The van der Waals surface area contributed by atoms with Crippen molar-refractivity contribution in [1.29, 1.82) is 0 Å². The number of nitrogens with two attached hydrogens (primary N) is 1. The molecule has 0 radical (unpaired) electrons. The van der Waals surface area contributed by atoms with Gasteiger partial charge in [-0.2, -0.15) is 0 Å². The predicted octanol–water partition coefficient (Wildman–Crippen LogP) is 3.56. The van der Waals surface area contributed by atoms with E-state index in [4.69, 9.17) is 5.73 Å². The Hall–Kier alpha value is -1.32.